The number of nitrogens with zero attached hydrogens (tertiary/aromatic N) is 1. The summed E-state index contributed by atoms with van der Waals surface area (Å²) in [6, 6.07) is 18.7. The van der Waals surface area contributed by atoms with Crippen LogP contribution in [0.15, 0.2) is 66.9 Å². The molecule has 2 aromatic carbocycles. The molecule has 0 aliphatic heterocycles. The lowest BCUT2D eigenvalue weighted by molar-refractivity contribution is 0.103. The zero-order valence-electron chi connectivity index (χ0n) is 15.5. The summed E-state index contributed by atoms with van der Waals surface area (Å²) in [5.41, 5.74) is 9.67. The van der Waals surface area contributed by atoms with Crippen molar-refractivity contribution in [2.75, 3.05) is 5.73 Å². The molecule has 0 saturated heterocycles. The van der Waals surface area contributed by atoms with Gasteiger partial charge in [0.2, 0.25) is 5.78 Å². The molecule has 1 aromatic heterocycles. The number of hydrogen-bond acceptors (Lipinski definition) is 4. The second-order valence-electron chi connectivity index (χ2n) is 6.51. The van der Waals surface area contributed by atoms with Crippen LogP contribution >= 0.6 is 0 Å². The first-order valence-electron chi connectivity index (χ1n) is 9.23. The van der Waals surface area contributed by atoms with Crippen LogP contribution in [0, 0.1) is 0 Å². The van der Waals surface area contributed by atoms with E-state index in [1.807, 2.05) is 36.4 Å². The number of nitrogens with two attached hydrogens (primary N) is 1. The highest BCUT2D eigenvalue weighted by atomic mass is 16.5. The molecule has 0 unspecified atom stereocenters. The molecule has 1 heterocycles. The van der Waals surface area contributed by atoms with E-state index in [1.54, 1.807) is 30.5 Å². The van der Waals surface area contributed by atoms with Crippen molar-refractivity contribution in [3.8, 4) is 5.75 Å². The number of pyridine rings is 1. The van der Waals surface area contributed by atoms with Crippen LogP contribution in [0.3, 0.4) is 0 Å². The number of aromatic nitrogens is 1. The number of unbranched alkanes of at least 4 members (excludes halogenated alkanes) is 1. The van der Waals surface area contributed by atoms with Crippen molar-refractivity contribution in [2.45, 2.75) is 32.8 Å². The first kappa shape index (κ1) is 18.6. The van der Waals surface area contributed by atoms with Gasteiger partial charge in [-0.25, -0.2) is 0 Å². The SMILES string of the molecule is CCCCc1ccc(C(=O)c2ccc(OCc3ccccc3)c(N)c2)nc1. The number of carbonyl (C=O) groups excluding carboxylic acids is 1. The largest absolute Gasteiger partial charge is 0.487 e. The molecule has 138 valence electrons. The summed E-state index contributed by atoms with van der Waals surface area (Å²) in [7, 11) is 0. The highest BCUT2D eigenvalue weighted by Gasteiger charge is 2.13. The van der Waals surface area contributed by atoms with Gasteiger partial charge < -0.3 is 10.5 Å². The highest BCUT2D eigenvalue weighted by molar-refractivity contribution is 6.08. The molecule has 3 aromatic rings. The average molecular weight is 360 g/mol. The van der Waals surface area contributed by atoms with Gasteiger partial charge in [-0.2, -0.15) is 0 Å². The summed E-state index contributed by atoms with van der Waals surface area (Å²) >= 11 is 0. The van der Waals surface area contributed by atoms with Gasteiger partial charge in [-0.15, -0.1) is 0 Å². The topological polar surface area (TPSA) is 65.2 Å². The van der Waals surface area contributed by atoms with Gasteiger partial charge in [0.1, 0.15) is 18.1 Å². The Kier molecular flexibility index (Phi) is 6.21. The van der Waals surface area contributed by atoms with Crippen LogP contribution in [0.2, 0.25) is 0 Å². The predicted octanol–water partition coefficient (Wildman–Crippen LogP) is 4.82. The molecule has 2 N–H and O–H groups in total. The average Bonchev–Trinajstić information content (AvgIpc) is 2.72. The van der Waals surface area contributed by atoms with Crippen molar-refractivity contribution in [1.82, 2.24) is 4.98 Å². The Morgan fingerprint density at radius 3 is 2.52 bits per heavy atom. The number of hydrogen-bond donors (Lipinski definition) is 1. The fourth-order valence-electron chi connectivity index (χ4n) is 2.79. The molecule has 27 heavy (non-hydrogen) atoms. The van der Waals surface area contributed by atoms with Crippen molar-refractivity contribution in [2.24, 2.45) is 0 Å². The van der Waals surface area contributed by atoms with Gasteiger partial charge in [-0.3, -0.25) is 9.78 Å². The minimum Gasteiger partial charge on any atom is -0.487 e. The van der Waals surface area contributed by atoms with E-state index >= 15 is 0 Å². The lowest BCUT2D eigenvalue weighted by Gasteiger charge is -2.10. The summed E-state index contributed by atoms with van der Waals surface area (Å²) in [5, 5.41) is 0. The number of aryl methyl sites for hydroxylation is 1. The summed E-state index contributed by atoms with van der Waals surface area (Å²) in [4.78, 5) is 17.0. The number of benzene rings is 2. The zero-order chi connectivity index (χ0) is 19.1. The molecular weight excluding hydrogens is 336 g/mol. The molecule has 0 atom stereocenters. The Bertz CT molecular complexity index is 890. The number of ketones is 1. The Morgan fingerprint density at radius 2 is 1.85 bits per heavy atom. The Labute approximate surface area is 160 Å². The first-order valence-corrected chi connectivity index (χ1v) is 9.23. The number of nitrogen functional groups attached to an aromatic ring is 1. The zero-order valence-corrected chi connectivity index (χ0v) is 15.5. The van der Waals surface area contributed by atoms with Gasteiger partial charge in [0.05, 0.1) is 5.69 Å². The fourth-order valence-corrected chi connectivity index (χ4v) is 2.79. The maximum Gasteiger partial charge on any atom is 0.211 e. The number of anilines is 1. The van der Waals surface area contributed by atoms with Gasteiger partial charge >= 0.3 is 0 Å². The second-order valence-corrected chi connectivity index (χ2v) is 6.51. The van der Waals surface area contributed by atoms with E-state index in [-0.39, 0.29) is 5.78 Å². The number of ether oxygens (including phenoxy) is 1. The van der Waals surface area contributed by atoms with Crippen molar-refractivity contribution < 1.29 is 9.53 Å². The standard InChI is InChI=1S/C23H24N2O2/c1-2-3-7-17-10-12-21(25-15-17)23(26)19-11-13-22(20(24)14-19)27-16-18-8-5-4-6-9-18/h4-6,8-15H,2-3,7,16,24H2,1H3. The van der Waals surface area contributed by atoms with Gasteiger partial charge in [0.15, 0.2) is 0 Å². The molecule has 0 aliphatic rings. The van der Waals surface area contributed by atoms with Crippen LogP contribution in [0.25, 0.3) is 0 Å². The molecular formula is C23H24N2O2. The minimum absolute atomic E-state index is 0.140. The molecule has 0 aliphatic carbocycles. The molecule has 0 radical (unpaired) electrons. The lowest BCUT2D eigenvalue weighted by Crippen LogP contribution is -2.06. The maximum atomic E-state index is 12.7. The second kappa shape index (κ2) is 8.99. The van der Waals surface area contributed by atoms with Crippen molar-refractivity contribution in [3.63, 3.8) is 0 Å². The van der Waals surface area contributed by atoms with Crippen LogP contribution in [0.1, 0.15) is 46.9 Å². The monoisotopic (exact) mass is 360 g/mol. The number of rotatable bonds is 8. The summed E-state index contributed by atoms with van der Waals surface area (Å²) in [6.07, 6.45) is 5.02. The van der Waals surface area contributed by atoms with Gasteiger partial charge in [0.25, 0.3) is 0 Å². The van der Waals surface area contributed by atoms with Gasteiger partial charge in [-0.1, -0.05) is 49.7 Å². The molecule has 0 bridgehead atoms. The minimum atomic E-state index is -0.140. The van der Waals surface area contributed by atoms with E-state index in [2.05, 4.69) is 11.9 Å². The van der Waals surface area contributed by atoms with Crippen molar-refractivity contribution in [1.29, 1.82) is 0 Å². The number of carbonyl (C=O) groups is 1. The molecule has 0 amide bonds. The predicted molar refractivity (Wildman–Crippen MR) is 108 cm³/mol. The quantitative estimate of drug-likeness (QED) is 0.462. The van der Waals surface area contributed by atoms with Gasteiger partial charge in [0, 0.05) is 11.8 Å². The van der Waals surface area contributed by atoms with Crippen LogP contribution in [0.4, 0.5) is 5.69 Å². The third-order valence-electron chi connectivity index (χ3n) is 4.39. The maximum absolute atomic E-state index is 12.7. The van der Waals surface area contributed by atoms with Crippen LogP contribution in [-0.2, 0) is 13.0 Å². The lowest BCUT2D eigenvalue weighted by atomic mass is 10.0. The third kappa shape index (κ3) is 4.94. The Morgan fingerprint density at radius 1 is 1.04 bits per heavy atom. The molecule has 0 fully saturated rings. The van der Waals surface area contributed by atoms with Crippen molar-refractivity contribution in [3.05, 3.63) is 89.2 Å². The Hall–Kier alpha value is -3.14. The fraction of sp³-hybridized carbons (Fsp3) is 0.217. The van der Waals surface area contributed by atoms with Crippen LogP contribution in [-0.4, -0.2) is 10.8 Å². The third-order valence-corrected chi connectivity index (χ3v) is 4.39. The molecule has 0 spiro atoms. The first-order chi connectivity index (χ1) is 13.2. The van der Waals surface area contributed by atoms with E-state index in [0.717, 1.165) is 30.4 Å². The molecule has 4 heteroatoms. The summed E-state index contributed by atoms with van der Waals surface area (Å²) in [5.74, 6) is 0.427. The normalized spacial score (nSPS) is 10.6. The van der Waals surface area contributed by atoms with Gasteiger partial charge in [-0.05, 0) is 48.2 Å². The molecule has 4 nitrogen and oxygen atoms in total. The van der Waals surface area contributed by atoms with E-state index in [4.69, 9.17) is 10.5 Å². The molecule has 3 rings (SSSR count). The smallest absolute Gasteiger partial charge is 0.211 e. The van der Waals surface area contributed by atoms with Crippen molar-refractivity contribution >= 4 is 11.5 Å². The van der Waals surface area contributed by atoms with E-state index in [1.165, 1.54) is 0 Å². The van der Waals surface area contributed by atoms with E-state index in [9.17, 15) is 4.79 Å². The molecule has 0 saturated carbocycles. The Balaban J connectivity index is 1.68. The van der Waals surface area contributed by atoms with E-state index in [0.29, 0.717) is 29.3 Å². The summed E-state index contributed by atoms with van der Waals surface area (Å²) in [6.45, 7) is 2.59. The summed E-state index contributed by atoms with van der Waals surface area (Å²) < 4.78 is 5.76. The van der Waals surface area contributed by atoms with Crippen LogP contribution in [0.5, 0.6) is 5.75 Å². The highest BCUT2D eigenvalue weighted by Crippen LogP contribution is 2.24. The van der Waals surface area contributed by atoms with Crippen LogP contribution < -0.4 is 10.5 Å². The van der Waals surface area contributed by atoms with E-state index < -0.39 is 0 Å².